The molecule has 1 saturated carbocycles. The van der Waals surface area contributed by atoms with Crippen LogP contribution >= 0.6 is 23.2 Å². The quantitative estimate of drug-likeness (QED) is 0.681. The van der Waals surface area contributed by atoms with E-state index < -0.39 is 0 Å². The predicted molar refractivity (Wildman–Crippen MR) is 65.1 cm³/mol. The number of amides is 1. The standard InChI is InChI=1S/C11H12Cl2N2O2/c12-9-5-7(6-14-10(9)13)11(16)15-17-8-3-1-2-4-8/h5-6,8H,1-4H2,(H,15,16). The number of nitrogens with one attached hydrogen (secondary N) is 1. The molecule has 0 aliphatic heterocycles. The summed E-state index contributed by atoms with van der Waals surface area (Å²) in [6, 6.07) is 1.46. The fourth-order valence-electron chi connectivity index (χ4n) is 1.75. The summed E-state index contributed by atoms with van der Waals surface area (Å²) in [5, 5.41) is 0.431. The minimum Gasteiger partial charge on any atom is -0.270 e. The van der Waals surface area contributed by atoms with Crippen molar-refractivity contribution >= 4 is 29.1 Å². The van der Waals surface area contributed by atoms with E-state index in [-0.39, 0.29) is 22.2 Å². The fraction of sp³-hybridized carbons (Fsp3) is 0.455. The molecule has 0 bridgehead atoms. The van der Waals surface area contributed by atoms with Crippen LogP contribution < -0.4 is 5.48 Å². The molecule has 1 N–H and O–H groups in total. The maximum atomic E-state index is 11.7. The van der Waals surface area contributed by atoms with Crippen LogP contribution in [0.15, 0.2) is 12.3 Å². The van der Waals surface area contributed by atoms with Crippen LogP contribution in [0, 0.1) is 0 Å². The first-order valence-corrected chi connectivity index (χ1v) is 6.19. The zero-order valence-corrected chi connectivity index (χ0v) is 10.6. The van der Waals surface area contributed by atoms with E-state index in [1.807, 2.05) is 0 Å². The Labute approximate surface area is 109 Å². The first-order valence-electron chi connectivity index (χ1n) is 5.44. The molecule has 1 aromatic rings. The molecule has 1 heterocycles. The average molecular weight is 275 g/mol. The summed E-state index contributed by atoms with van der Waals surface area (Å²) < 4.78 is 0. The number of halogens is 2. The van der Waals surface area contributed by atoms with Gasteiger partial charge in [0.1, 0.15) is 5.15 Å². The molecule has 0 unspecified atom stereocenters. The molecule has 0 aromatic carbocycles. The predicted octanol–water partition coefficient (Wildman–Crippen LogP) is 2.99. The van der Waals surface area contributed by atoms with Gasteiger partial charge in [-0.3, -0.25) is 9.63 Å². The fourth-order valence-corrected chi connectivity index (χ4v) is 2.02. The lowest BCUT2D eigenvalue weighted by molar-refractivity contribution is -0.0125. The van der Waals surface area contributed by atoms with Crippen LogP contribution in [-0.4, -0.2) is 17.0 Å². The van der Waals surface area contributed by atoms with Crippen LogP contribution in [0.1, 0.15) is 36.0 Å². The van der Waals surface area contributed by atoms with Crippen molar-refractivity contribution in [2.75, 3.05) is 0 Å². The van der Waals surface area contributed by atoms with Crippen LogP contribution in [0.2, 0.25) is 10.2 Å². The van der Waals surface area contributed by atoms with E-state index in [1.165, 1.54) is 12.3 Å². The van der Waals surface area contributed by atoms with E-state index in [4.69, 9.17) is 28.0 Å². The SMILES string of the molecule is O=C(NOC1CCCC1)c1cnc(Cl)c(Cl)c1. The maximum Gasteiger partial charge on any atom is 0.276 e. The monoisotopic (exact) mass is 274 g/mol. The molecule has 0 saturated heterocycles. The molecule has 1 fully saturated rings. The third-order valence-electron chi connectivity index (χ3n) is 2.68. The third-order valence-corrected chi connectivity index (χ3v) is 3.36. The van der Waals surface area contributed by atoms with Crippen LogP contribution in [-0.2, 0) is 4.84 Å². The smallest absolute Gasteiger partial charge is 0.270 e. The molecule has 0 atom stereocenters. The van der Waals surface area contributed by atoms with Crippen molar-refractivity contribution in [3.63, 3.8) is 0 Å². The van der Waals surface area contributed by atoms with Crippen molar-refractivity contribution in [2.45, 2.75) is 31.8 Å². The van der Waals surface area contributed by atoms with Gasteiger partial charge in [0.15, 0.2) is 0 Å². The minimum atomic E-state index is -0.358. The second-order valence-corrected chi connectivity index (χ2v) is 4.72. The molecule has 2 rings (SSSR count). The summed E-state index contributed by atoms with van der Waals surface area (Å²) in [6.45, 7) is 0. The highest BCUT2D eigenvalue weighted by molar-refractivity contribution is 6.41. The number of rotatable bonds is 3. The van der Waals surface area contributed by atoms with Crippen molar-refractivity contribution in [2.24, 2.45) is 0 Å². The Morgan fingerprint density at radius 2 is 2.12 bits per heavy atom. The summed E-state index contributed by atoms with van der Waals surface area (Å²) in [5.74, 6) is -0.358. The largest absolute Gasteiger partial charge is 0.276 e. The lowest BCUT2D eigenvalue weighted by atomic mass is 10.3. The van der Waals surface area contributed by atoms with Gasteiger partial charge < -0.3 is 0 Å². The number of carbonyl (C=O) groups is 1. The molecule has 17 heavy (non-hydrogen) atoms. The van der Waals surface area contributed by atoms with Crippen molar-refractivity contribution < 1.29 is 9.63 Å². The summed E-state index contributed by atoms with van der Waals surface area (Å²) in [6.07, 6.45) is 5.75. The Hall–Kier alpha value is -0.840. The average Bonchev–Trinajstić information content (AvgIpc) is 2.82. The molecule has 6 heteroatoms. The highest BCUT2D eigenvalue weighted by atomic mass is 35.5. The number of aromatic nitrogens is 1. The Bertz CT molecular complexity index is 420. The van der Waals surface area contributed by atoms with Crippen LogP contribution in [0.25, 0.3) is 0 Å². The lowest BCUT2D eigenvalue weighted by Crippen LogP contribution is -2.28. The Morgan fingerprint density at radius 3 is 2.76 bits per heavy atom. The van der Waals surface area contributed by atoms with E-state index in [0.29, 0.717) is 5.56 Å². The van der Waals surface area contributed by atoms with Gasteiger partial charge in [0.2, 0.25) is 0 Å². The molecule has 1 amide bonds. The Kier molecular flexibility index (Phi) is 4.20. The zero-order valence-electron chi connectivity index (χ0n) is 9.08. The topological polar surface area (TPSA) is 51.2 Å². The van der Waals surface area contributed by atoms with E-state index >= 15 is 0 Å². The van der Waals surface area contributed by atoms with E-state index in [1.54, 1.807) is 0 Å². The summed E-state index contributed by atoms with van der Waals surface area (Å²) in [5.41, 5.74) is 2.74. The first kappa shape index (κ1) is 12.6. The number of hydroxylamine groups is 1. The normalized spacial score (nSPS) is 16.1. The van der Waals surface area contributed by atoms with E-state index in [2.05, 4.69) is 10.5 Å². The minimum absolute atomic E-state index is 0.120. The second kappa shape index (κ2) is 5.67. The number of carbonyl (C=O) groups excluding carboxylic acids is 1. The molecule has 1 aliphatic rings. The highest BCUT2D eigenvalue weighted by Crippen LogP contribution is 2.21. The van der Waals surface area contributed by atoms with Crippen molar-refractivity contribution in [1.29, 1.82) is 0 Å². The summed E-state index contributed by atoms with van der Waals surface area (Å²) >= 11 is 11.4. The lowest BCUT2D eigenvalue weighted by Gasteiger charge is -2.11. The molecule has 0 spiro atoms. The van der Waals surface area contributed by atoms with E-state index in [0.717, 1.165) is 25.7 Å². The Balaban J connectivity index is 1.92. The highest BCUT2D eigenvalue weighted by Gasteiger charge is 2.17. The van der Waals surface area contributed by atoms with Gasteiger partial charge in [-0.1, -0.05) is 36.0 Å². The molecule has 0 radical (unpaired) electrons. The van der Waals surface area contributed by atoms with E-state index in [9.17, 15) is 4.79 Å². The zero-order chi connectivity index (χ0) is 12.3. The van der Waals surface area contributed by atoms with Gasteiger partial charge in [-0.15, -0.1) is 0 Å². The van der Waals surface area contributed by atoms with Gasteiger partial charge in [0.25, 0.3) is 5.91 Å². The van der Waals surface area contributed by atoms with Crippen molar-refractivity contribution in [3.05, 3.63) is 28.0 Å². The molecular weight excluding hydrogens is 263 g/mol. The molecule has 1 aliphatic carbocycles. The van der Waals surface area contributed by atoms with Gasteiger partial charge in [-0.25, -0.2) is 10.5 Å². The number of hydrogen-bond acceptors (Lipinski definition) is 3. The van der Waals surface area contributed by atoms with Gasteiger partial charge >= 0.3 is 0 Å². The molecule has 92 valence electrons. The van der Waals surface area contributed by atoms with Crippen LogP contribution in [0.4, 0.5) is 0 Å². The van der Waals surface area contributed by atoms with Gasteiger partial charge in [-0.2, -0.15) is 0 Å². The first-order chi connectivity index (χ1) is 8.16. The van der Waals surface area contributed by atoms with Gasteiger partial charge in [0, 0.05) is 6.20 Å². The van der Waals surface area contributed by atoms with Crippen molar-refractivity contribution in [3.8, 4) is 0 Å². The number of pyridine rings is 1. The molecular formula is C11H12Cl2N2O2. The van der Waals surface area contributed by atoms with Crippen LogP contribution in [0.3, 0.4) is 0 Å². The van der Waals surface area contributed by atoms with Crippen molar-refractivity contribution in [1.82, 2.24) is 10.5 Å². The number of nitrogens with zero attached hydrogens (tertiary/aromatic N) is 1. The van der Waals surface area contributed by atoms with Crippen LogP contribution in [0.5, 0.6) is 0 Å². The third kappa shape index (κ3) is 3.31. The Morgan fingerprint density at radius 1 is 1.41 bits per heavy atom. The second-order valence-electron chi connectivity index (χ2n) is 3.95. The summed E-state index contributed by atoms with van der Waals surface area (Å²) in [7, 11) is 0. The molecule has 4 nitrogen and oxygen atoms in total. The summed E-state index contributed by atoms with van der Waals surface area (Å²) in [4.78, 5) is 20.8. The van der Waals surface area contributed by atoms with Gasteiger partial charge in [0.05, 0.1) is 16.7 Å². The molecule has 1 aromatic heterocycles. The maximum absolute atomic E-state index is 11.7. The number of hydrogen-bond donors (Lipinski definition) is 1. The van der Waals surface area contributed by atoms with Gasteiger partial charge in [-0.05, 0) is 18.9 Å².